The van der Waals surface area contributed by atoms with Crippen molar-refractivity contribution in [2.24, 2.45) is 0 Å². The normalized spacial score (nSPS) is 23.5. The van der Waals surface area contributed by atoms with Gasteiger partial charge in [0.1, 0.15) is 0 Å². The fourth-order valence-electron chi connectivity index (χ4n) is 7.01. The Labute approximate surface area is 214 Å². The molecule has 190 valence electrons. The Balaban J connectivity index is 1.26. The third kappa shape index (κ3) is 4.46. The molecule has 6 rings (SSSR count). The number of amides is 1. The number of hydrogen-bond donors (Lipinski definition) is 2. The van der Waals surface area contributed by atoms with Gasteiger partial charge in [0.25, 0.3) is 0 Å². The van der Waals surface area contributed by atoms with Gasteiger partial charge in [0.05, 0.1) is 17.1 Å². The van der Waals surface area contributed by atoms with Crippen LogP contribution in [-0.4, -0.2) is 46.0 Å². The first-order valence-corrected chi connectivity index (χ1v) is 14.1. The number of imidazole rings is 1. The molecular weight excluding hydrogens is 446 g/mol. The van der Waals surface area contributed by atoms with Gasteiger partial charge in [-0.15, -0.1) is 0 Å². The van der Waals surface area contributed by atoms with Crippen LogP contribution in [0.3, 0.4) is 0 Å². The molecule has 6 heteroatoms. The van der Waals surface area contributed by atoms with Gasteiger partial charge in [-0.3, -0.25) is 15.0 Å². The Morgan fingerprint density at radius 2 is 1.61 bits per heavy atom. The lowest BCUT2D eigenvalue weighted by Crippen LogP contribution is -2.50. The Hall–Kier alpha value is -2.70. The van der Waals surface area contributed by atoms with Crippen molar-refractivity contribution < 1.29 is 4.79 Å². The number of rotatable bonds is 5. The lowest BCUT2D eigenvalue weighted by Gasteiger charge is -2.48. The minimum Gasteiger partial charge on any atom is -0.307 e. The number of fused-ring (bicyclic) bond motifs is 1. The van der Waals surface area contributed by atoms with Crippen LogP contribution in [0.15, 0.2) is 54.6 Å². The summed E-state index contributed by atoms with van der Waals surface area (Å²) in [7, 11) is 0. The van der Waals surface area contributed by atoms with Crippen molar-refractivity contribution in [3.05, 3.63) is 60.2 Å². The molecule has 3 fully saturated rings. The van der Waals surface area contributed by atoms with Gasteiger partial charge >= 0.3 is 0 Å². The third-order valence-electron chi connectivity index (χ3n) is 8.88. The van der Waals surface area contributed by atoms with Gasteiger partial charge < -0.3 is 9.88 Å². The van der Waals surface area contributed by atoms with Crippen molar-refractivity contribution in [3.63, 3.8) is 0 Å². The van der Waals surface area contributed by atoms with E-state index in [4.69, 9.17) is 4.98 Å². The molecule has 2 aliphatic heterocycles. The molecule has 2 aromatic carbocycles. The number of nitrogens with one attached hydrogen (secondary N) is 2. The molecule has 1 unspecified atom stereocenters. The highest BCUT2D eigenvalue weighted by Crippen LogP contribution is 2.44. The molecule has 0 spiro atoms. The number of hydrogen-bond acceptors (Lipinski definition) is 4. The highest BCUT2D eigenvalue weighted by molar-refractivity contribution is 5.95. The monoisotopic (exact) mass is 485 g/mol. The summed E-state index contributed by atoms with van der Waals surface area (Å²) < 4.78 is 2.32. The molecule has 0 bridgehead atoms. The number of carbonyl (C=O) groups is 1. The largest absolute Gasteiger partial charge is 0.307 e. The molecule has 1 aromatic heterocycles. The highest BCUT2D eigenvalue weighted by atomic mass is 16.2. The molecule has 1 atom stereocenters. The molecule has 1 aliphatic carbocycles. The Morgan fingerprint density at radius 1 is 0.889 bits per heavy atom. The van der Waals surface area contributed by atoms with Gasteiger partial charge in [-0.25, -0.2) is 4.98 Å². The highest BCUT2D eigenvalue weighted by Gasteiger charge is 2.40. The molecule has 1 amide bonds. The van der Waals surface area contributed by atoms with Crippen LogP contribution in [0.1, 0.15) is 75.8 Å². The Bertz CT molecular complexity index is 1170. The standard InChI is InChI=1S/C30H39N5O/c36-28(26-14-10-20-31-26)33-29-32-25-13-6-7-15-27(25)35(29)24-16-21-34(22-17-24)30(18-8-1-2-9-19-30)23-11-4-3-5-12-23/h3-7,11-13,15,24,26,31H,1-2,8-10,14,16-22H2,(H,32,33,36). The Kier molecular flexibility index (Phi) is 6.81. The van der Waals surface area contributed by atoms with Crippen LogP contribution in [0.4, 0.5) is 5.95 Å². The van der Waals surface area contributed by atoms with Crippen molar-refractivity contribution in [2.45, 2.75) is 81.8 Å². The average Bonchev–Trinajstić information content (AvgIpc) is 3.51. The number of aromatic nitrogens is 2. The first kappa shape index (κ1) is 23.7. The third-order valence-corrected chi connectivity index (χ3v) is 8.88. The van der Waals surface area contributed by atoms with Crippen LogP contribution >= 0.6 is 0 Å². The van der Waals surface area contributed by atoms with E-state index in [1.54, 1.807) is 0 Å². The topological polar surface area (TPSA) is 62.2 Å². The summed E-state index contributed by atoms with van der Waals surface area (Å²) in [5.74, 6) is 0.753. The zero-order valence-corrected chi connectivity index (χ0v) is 21.3. The molecule has 3 heterocycles. The SMILES string of the molecule is O=C(Nc1nc2ccccc2n1C1CCN(C2(c3ccccc3)CCCCCC2)CC1)C1CCCN1. The second-order valence-corrected chi connectivity index (χ2v) is 11.0. The summed E-state index contributed by atoms with van der Waals surface area (Å²) in [6.07, 6.45) is 11.9. The summed E-state index contributed by atoms with van der Waals surface area (Å²) in [5.41, 5.74) is 3.73. The van der Waals surface area contributed by atoms with Crippen molar-refractivity contribution in [1.29, 1.82) is 0 Å². The summed E-state index contributed by atoms with van der Waals surface area (Å²) in [4.78, 5) is 20.6. The predicted octanol–water partition coefficient (Wildman–Crippen LogP) is 5.61. The van der Waals surface area contributed by atoms with E-state index in [0.717, 1.165) is 56.4 Å². The van der Waals surface area contributed by atoms with Gasteiger partial charge in [-0.05, 0) is 62.8 Å². The number of carbonyl (C=O) groups excluding carboxylic acids is 1. The molecule has 1 saturated carbocycles. The van der Waals surface area contributed by atoms with Crippen LogP contribution in [0.25, 0.3) is 11.0 Å². The zero-order valence-electron chi connectivity index (χ0n) is 21.3. The first-order valence-electron chi connectivity index (χ1n) is 14.1. The second-order valence-electron chi connectivity index (χ2n) is 11.0. The molecule has 3 aromatic rings. The lowest BCUT2D eigenvalue weighted by atomic mass is 9.79. The number of anilines is 1. The zero-order chi connectivity index (χ0) is 24.4. The van der Waals surface area contributed by atoms with Gasteiger partial charge in [-0.2, -0.15) is 0 Å². The van der Waals surface area contributed by atoms with Gasteiger partial charge in [-0.1, -0.05) is 68.1 Å². The fourth-order valence-corrected chi connectivity index (χ4v) is 7.01. The van der Waals surface area contributed by atoms with Crippen LogP contribution in [0.2, 0.25) is 0 Å². The van der Waals surface area contributed by atoms with Crippen LogP contribution in [0, 0.1) is 0 Å². The van der Waals surface area contributed by atoms with Crippen molar-refractivity contribution in [2.75, 3.05) is 25.0 Å². The van der Waals surface area contributed by atoms with Gasteiger partial charge in [0.2, 0.25) is 11.9 Å². The first-order chi connectivity index (χ1) is 17.7. The summed E-state index contributed by atoms with van der Waals surface area (Å²) >= 11 is 0. The quantitative estimate of drug-likeness (QED) is 0.461. The maximum absolute atomic E-state index is 13.0. The molecule has 0 radical (unpaired) electrons. The number of likely N-dealkylation sites (tertiary alicyclic amines) is 1. The average molecular weight is 486 g/mol. The molecule has 2 N–H and O–H groups in total. The minimum absolute atomic E-state index is 0.0444. The predicted molar refractivity (Wildman–Crippen MR) is 145 cm³/mol. The van der Waals surface area contributed by atoms with Crippen molar-refractivity contribution in [1.82, 2.24) is 19.8 Å². The maximum Gasteiger partial charge on any atom is 0.243 e. The van der Waals surface area contributed by atoms with Gasteiger partial charge in [0.15, 0.2) is 0 Å². The van der Waals surface area contributed by atoms with E-state index in [-0.39, 0.29) is 17.5 Å². The number of piperidine rings is 1. The second kappa shape index (κ2) is 10.3. The van der Waals surface area contributed by atoms with E-state index in [1.165, 1.54) is 44.1 Å². The molecular formula is C30H39N5O. The number of benzene rings is 2. The van der Waals surface area contributed by atoms with Crippen molar-refractivity contribution >= 4 is 22.9 Å². The van der Waals surface area contributed by atoms with E-state index in [1.807, 2.05) is 6.07 Å². The van der Waals surface area contributed by atoms with Crippen LogP contribution in [-0.2, 0) is 10.3 Å². The van der Waals surface area contributed by atoms with Crippen LogP contribution < -0.4 is 10.6 Å². The Morgan fingerprint density at radius 3 is 2.33 bits per heavy atom. The summed E-state index contributed by atoms with van der Waals surface area (Å²) in [6, 6.07) is 19.8. The van der Waals surface area contributed by atoms with E-state index < -0.39 is 0 Å². The van der Waals surface area contributed by atoms with E-state index in [9.17, 15) is 4.79 Å². The number of nitrogens with zero attached hydrogens (tertiary/aromatic N) is 3. The van der Waals surface area contributed by atoms with E-state index in [0.29, 0.717) is 12.0 Å². The smallest absolute Gasteiger partial charge is 0.243 e. The van der Waals surface area contributed by atoms with Crippen molar-refractivity contribution in [3.8, 4) is 0 Å². The lowest BCUT2D eigenvalue weighted by molar-refractivity contribution is -0.117. The summed E-state index contributed by atoms with van der Waals surface area (Å²) in [5, 5.41) is 6.51. The minimum atomic E-state index is -0.110. The van der Waals surface area contributed by atoms with Gasteiger partial charge in [0, 0.05) is 24.7 Å². The molecule has 36 heavy (non-hydrogen) atoms. The van der Waals surface area contributed by atoms with E-state index >= 15 is 0 Å². The molecule has 3 aliphatic rings. The molecule has 2 saturated heterocycles. The van der Waals surface area contributed by atoms with Crippen LogP contribution in [0.5, 0.6) is 0 Å². The number of para-hydroxylation sites is 2. The summed E-state index contributed by atoms with van der Waals surface area (Å²) in [6.45, 7) is 3.06. The maximum atomic E-state index is 13.0. The fraction of sp³-hybridized carbons (Fsp3) is 0.533. The van der Waals surface area contributed by atoms with E-state index in [2.05, 4.69) is 68.6 Å². The molecule has 6 nitrogen and oxygen atoms in total.